The van der Waals surface area contributed by atoms with Gasteiger partial charge in [-0.15, -0.1) is 10.2 Å². The largest absolute Gasteiger partial charge is 0.490 e. The van der Waals surface area contributed by atoms with E-state index in [1.165, 1.54) is 13.1 Å². The van der Waals surface area contributed by atoms with Crippen molar-refractivity contribution in [3.8, 4) is 0 Å². The SMILES string of the molecule is CC(C)C[C@@H](/C=C/C(=O)N(C)c1nnc(C(F)(F)F)s1)NC(=O)[C@@H]1CCCCN1.O=C(O)C(F)(F)F. The summed E-state index contributed by atoms with van der Waals surface area (Å²) in [5, 5.41) is 18.5. The molecule has 2 atom stereocenters. The molecule has 204 valence electrons. The molecule has 9 nitrogen and oxygen atoms in total. The maximum atomic E-state index is 12.7. The van der Waals surface area contributed by atoms with Crippen LogP contribution in [0.25, 0.3) is 0 Å². The van der Waals surface area contributed by atoms with Gasteiger partial charge in [-0.2, -0.15) is 26.3 Å². The van der Waals surface area contributed by atoms with Crippen LogP contribution >= 0.6 is 11.3 Å². The summed E-state index contributed by atoms with van der Waals surface area (Å²) in [5.74, 6) is -3.14. The van der Waals surface area contributed by atoms with E-state index in [1.54, 1.807) is 6.08 Å². The minimum absolute atomic E-state index is 0.111. The predicted molar refractivity (Wildman–Crippen MR) is 118 cm³/mol. The Bertz CT molecular complexity index is 913. The molecule has 1 aromatic heterocycles. The van der Waals surface area contributed by atoms with Gasteiger partial charge in [-0.25, -0.2) is 4.79 Å². The summed E-state index contributed by atoms with van der Waals surface area (Å²) in [4.78, 5) is 34.7. The van der Waals surface area contributed by atoms with Crippen LogP contribution in [0.4, 0.5) is 31.5 Å². The monoisotopic (exact) mass is 547 g/mol. The fourth-order valence-corrected chi connectivity index (χ4v) is 3.60. The number of alkyl halides is 6. The number of aromatic nitrogens is 2. The Morgan fingerprint density at radius 3 is 2.25 bits per heavy atom. The fraction of sp³-hybridized carbons (Fsp3) is 0.650. The third-order valence-electron chi connectivity index (χ3n) is 4.67. The van der Waals surface area contributed by atoms with E-state index in [0.29, 0.717) is 17.8 Å². The first-order valence-corrected chi connectivity index (χ1v) is 11.5. The van der Waals surface area contributed by atoms with Gasteiger partial charge >= 0.3 is 18.3 Å². The molecule has 0 aromatic carbocycles. The van der Waals surface area contributed by atoms with Crippen LogP contribution < -0.4 is 15.5 Å². The number of nitrogens with zero attached hydrogens (tertiary/aromatic N) is 3. The molecule has 2 amide bonds. The van der Waals surface area contributed by atoms with Gasteiger partial charge in [0.2, 0.25) is 16.0 Å². The van der Waals surface area contributed by atoms with E-state index in [0.717, 1.165) is 30.7 Å². The van der Waals surface area contributed by atoms with Crippen LogP contribution in [0.15, 0.2) is 12.2 Å². The molecule has 1 aromatic rings. The first-order valence-electron chi connectivity index (χ1n) is 10.7. The summed E-state index contributed by atoms with van der Waals surface area (Å²) in [7, 11) is 1.33. The van der Waals surface area contributed by atoms with Crippen molar-refractivity contribution < 1.29 is 45.8 Å². The number of carbonyl (C=O) groups is 3. The Kier molecular flexibility index (Phi) is 11.8. The van der Waals surface area contributed by atoms with Gasteiger partial charge < -0.3 is 15.7 Å². The highest BCUT2D eigenvalue weighted by Crippen LogP contribution is 2.34. The second-order valence-corrected chi connectivity index (χ2v) is 9.15. The lowest BCUT2D eigenvalue weighted by Crippen LogP contribution is -2.49. The summed E-state index contributed by atoms with van der Waals surface area (Å²) < 4.78 is 69.7. The standard InChI is InChI=1S/C18H26F3N5O2S.C2HF3O2/c1-11(2)10-12(23-15(28)13-6-4-5-9-22-13)7-8-14(27)26(3)17-25-24-16(29-17)18(19,20)21;3-2(4,5)1(6)7/h7-8,11-13,22H,4-6,9-10H2,1-3H3,(H,23,28);(H,6,7)/b8-7+;/t12-,13+;/m1./s1. The van der Waals surface area contributed by atoms with Gasteiger partial charge in [-0.1, -0.05) is 37.7 Å². The molecule has 2 heterocycles. The second kappa shape index (κ2) is 13.5. The van der Waals surface area contributed by atoms with E-state index in [2.05, 4.69) is 20.8 Å². The topological polar surface area (TPSA) is 125 Å². The molecule has 1 aliphatic heterocycles. The van der Waals surface area contributed by atoms with Gasteiger partial charge in [0.05, 0.1) is 6.04 Å². The van der Waals surface area contributed by atoms with Crippen LogP contribution in [0.2, 0.25) is 0 Å². The third kappa shape index (κ3) is 10.9. The molecule has 36 heavy (non-hydrogen) atoms. The predicted octanol–water partition coefficient (Wildman–Crippen LogP) is 3.38. The molecule has 0 spiro atoms. The molecule has 1 aliphatic rings. The molecule has 1 fully saturated rings. The van der Waals surface area contributed by atoms with Crippen molar-refractivity contribution in [2.75, 3.05) is 18.5 Å². The maximum Gasteiger partial charge on any atom is 0.490 e. The summed E-state index contributed by atoms with van der Waals surface area (Å²) in [6.45, 7) is 4.80. The number of carboxylic acids is 1. The smallest absolute Gasteiger partial charge is 0.475 e. The quantitative estimate of drug-likeness (QED) is 0.353. The number of carbonyl (C=O) groups excluding carboxylic acids is 2. The van der Waals surface area contributed by atoms with Crippen LogP contribution in [-0.4, -0.2) is 64.9 Å². The Labute approximate surface area is 206 Å². The van der Waals surface area contributed by atoms with Crippen molar-refractivity contribution in [2.45, 2.75) is 64.0 Å². The van der Waals surface area contributed by atoms with Crippen molar-refractivity contribution >= 4 is 34.3 Å². The summed E-state index contributed by atoms with van der Waals surface area (Å²) in [6, 6.07) is -0.601. The van der Waals surface area contributed by atoms with E-state index in [-0.39, 0.29) is 29.0 Å². The number of amides is 2. The molecular formula is C20H27F6N5O4S. The van der Waals surface area contributed by atoms with Crippen LogP contribution in [0.3, 0.4) is 0 Å². The molecule has 0 bridgehead atoms. The van der Waals surface area contributed by atoms with Gasteiger partial charge in [0, 0.05) is 19.2 Å². The Hall–Kier alpha value is -2.75. The lowest BCUT2D eigenvalue weighted by molar-refractivity contribution is -0.192. The van der Waals surface area contributed by atoms with Crippen molar-refractivity contribution in [3.05, 3.63) is 17.2 Å². The highest BCUT2D eigenvalue weighted by molar-refractivity contribution is 7.15. The zero-order valence-corrected chi connectivity index (χ0v) is 20.4. The number of anilines is 1. The molecule has 1 saturated heterocycles. The van der Waals surface area contributed by atoms with Crippen LogP contribution in [0.1, 0.15) is 44.5 Å². The highest BCUT2D eigenvalue weighted by atomic mass is 32.1. The van der Waals surface area contributed by atoms with Gasteiger partial charge in [0.25, 0.3) is 5.91 Å². The molecule has 0 radical (unpaired) electrons. The van der Waals surface area contributed by atoms with Crippen LogP contribution in [0, 0.1) is 5.92 Å². The van der Waals surface area contributed by atoms with Crippen molar-refractivity contribution in [1.29, 1.82) is 0 Å². The normalized spacial score (nSPS) is 17.3. The Morgan fingerprint density at radius 1 is 1.19 bits per heavy atom. The van der Waals surface area contributed by atoms with Crippen LogP contribution in [-0.2, 0) is 20.6 Å². The molecule has 3 N–H and O–H groups in total. The fourth-order valence-electron chi connectivity index (χ4n) is 2.92. The number of halogens is 6. The van der Waals surface area contributed by atoms with E-state index in [9.17, 15) is 35.9 Å². The molecule has 0 saturated carbocycles. The minimum Gasteiger partial charge on any atom is -0.475 e. The molecule has 16 heteroatoms. The number of hydrogen-bond donors (Lipinski definition) is 3. The summed E-state index contributed by atoms with van der Waals surface area (Å²) in [6.07, 6.45) is -3.44. The van der Waals surface area contributed by atoms with Crippen molar-refractivity contribution in [2.24, 2.45) is 5.92 Å². The zero-order valence-electron chi connectivity index (χ0n) is 19.6. The number of nitrogens with one attached hydrogen (secondary N) is 2. The van der Waals surface area contributed by atoms with E-state index in [4.69, 9.17) is 9.90 Å². The number of hydrogen-bond acceptors (Lipinski definition) is 7. The first kappa shape index (κ1) is 31.3. The minimum atomic E-state index is -5.08. The lowest BCUT2D eigenvalue weighted by Gasteiger charge is -2.25. The van der Waals surface area contributed by atoms with Gasteiger partial charge in [0.15, 0.2) is 0 Å². The zero-order chi connectivity index (χ0) is 27.7. The first-order chi connectivity index (χ1) is 16.5. The van der Waals surface area contributed by atoms with Gasteiger partial charge in [0.1, 0.15) is 0 Å². The Balaban J connectivity index is 0.000000809. The lowest BCUT2D eigenvalue weighted by atomic mass is 10.0. The average molecular weight is 548 g/mol. The van der Waals surface area contributed by atoms with E-state index < -0.39 is 29.2 Å². The van der Waals surface area contributed by atoms with Crippen molar-refractivity contribution in [1.82, 2.24) is 20.8 Å². The molecular weight excluding hydrogens is 520 g/mol. The third-order valence-corrected chi connectivity index (χ3v) is 5.71. The highest BCUT2D eigenvalue weighted by Gasteiger charge is 2.38. The van der Waals surface area contributed by atoms with Crippen molar-refractivity contribution in [3.63, 3.8) is 0 Å². The van der Waals surface area contributed by atoms with E-state index in [1.807, 2.05) is 13.8 Å². The molecule has 0 unspecified atom stereocenters. The summed E-state index contributed by atoms with van der Waals surface area (Å²) in [5.41, 5.74) is 0. The molecule has 2 rings (SSSR count). The Morgan fingerprint density at radius 2 is 1.81 bits per heavy atom. The maximum absolute atomic E-state index is 12.7. The number of carboxylic acid groups (broad SMARTS) is 1. The second-order valence-electron chi connectivity index (χ2n) is 8.19. The van der Waals surface area contributed by atoms with Gasteiger partial charge in [-0.05, 0) is 31.7 Å². The molecule has 0 aliphatic carbocycles. The van der Waals surface area contributed by atoms with Gasteiger partial charge in [-0.3, -0.25) is 14.5 Å². The number of aliphatic carboxylic acids is 1. The number of piperidine rings is 1. The van der Waals surface area contributed by atoms with E-state index >= 15 is 0 Å². The number of rotatable bonds is 7. The number of likely N-dealkylation sites (N-methyl/N-ethyl adjacent to an activating group) is 1. The average Bonchev–Trinajstić information content (AvgIpc) is 3.27. The summed E-state index contributed by atoms with van der Waals surface area (Å²) >= 11 is 0.297. The van der Waals surface area contributed by atoms with Crippen LogP contribution in [0.5, 0.6) is 0 Å².